The van der Waals surface area contributed by atoms with Crippen LogP contribution in [0.25, 0.3) is 0 Å². The van der Waals surface area contributed by atoms with Gasteiger partial charge in [-0.1, -0.05) is 13.0 Å². The fraction of sp³-hybridized carbons (Fsp3) is 0.500. The van der Waals surface area contributed by atoms with Gasteiger partial charge in [-0.25, -0.2) is 0 Å². The number of rotatable bonds is 6. The molecule has 0 spiro atoms. The van der Waals surface area contributed by atoms with Crippen molar-refractivity contribution < 1.29 is 19.7 Å². The van der Waals surface area contributed by atoms with Crippen LogP contribution in [0, 0.1) is 0 Å². The molecule has 0 saturated heterocycles. The molecule has 1 amide bonds. The van der Waals surface area contributed by atoms with Crippen LogP contribution in [0.5, 0.6) is 11.5 Å². The smallest absolute Gasteiger partial charge is 0.261 e. The van der Waals surface area contributed by atoms with E-state index in [0.29, 0.717) is 13.2 Å². The fourth-order valence-corrected chi connectivity index (χ4v) is 1.82. The molecule has 5 heteroatoms. The molecule has 0 bridgehead atoms. The van der Waals surface area contributed by atoms with Crippen molar-refractivity contribution >= 4 is 5.91 Å². The van der Waals surface area contributed by atoms with Crippen LogP contribution >= 0.6 is 0 Å². The molecule has 1 unspecified atom stereocenters. The van der Waals surface area contributed by atoms with Gasteiger partial charge in [0.05, 0.1) is 6.61 Å². The highest BCUT2D eigenvalue weighted by atomic mass is 16.5. The van der Waals surface area contributed by atoms with Gasteiger partial charge in [0.25, 0.3) is 5.91 Å². The third-order valence-corrected chi connectivity index (χ3v) is 3.15. The highest BCUT2D eigenvalue weighted by molar-refractivity contribution is 5.99. The van der Waals surface area contributed by atoms with Crippen LogP contribution in [0.2, 0.25) is 0 Å². The third-order valence-electron chi connectivity index (χ3n) is 3.15. The summed E-state index contributed by atoms with van der Waals surface area (Å²) in [5.41, 5.74) is -0.0566. The van der Waals surface area contributed by atoms with E-state index < -0.39 is 0 Å². The van der Waals surface area contributed by atoms with Crippen molar-refractivity contribution in [2.75, 3.05) is 20.3 Å². The van der Waals surface area contributed by atoms with E-state index >= 15 is 0 Å². The van der Waals surface area contributed by atoms with Crippen molar-refractivity contribution in [3.63, 3.8) is 0 Å². The summed E-state index contributed by atoms with van der Waals surface area (Å²) in [4.78, 5) is 14.0. The Morgan fingerprint density at radius 1 is 1.37 bits per heavy atom. The normalized spacial score (nSPS) is 12.2. The number of amides is 1. The summed E-state index contributed by atoms with van der Waals surface area (Å²) in [6.45, 7) is 4.72. The van der Waals surface area contributed by atoms with Crippen LogP contribution in [0.15, 0.2) is 18.2 Å². The Bertz CT molecular complexity index is 413. The third kappa shape index (κ3) is 3.61. The molecule has 0 heterocycles. The SMILES string of the molecule is CCC(C)N(CCOC)C(=O)c1c(O)cccc1O. The summed E-state index contributed by atoms with van der Waals surface area (Å²) < 4.78 is 4.99. The summed E-state index contributed by atoms with van der Waals surface area (Å²) in [5.74, 6) is -0.812. The Balaban J connectivity index is 3.05. The second-order valence-corrected chi connectivity index (χ2v) is 4.42. The first-order valence-electron chi connectivity index (χ1n) is 6.33. The Kier molecular flexibility index (Phi) is 5.63. The van der Waals surface area contributed by atoms with E-state index in [1.165, 1.54) is 18.2 Å². The van der Waals surface area contributed by atoms with Crippen LogP contribution < -0.4 is 0 Å². The molecule has 1 aromatic rings. The quantitative estimate of drug-likeness (QED) is 0.827. The molecule has 0 radical (unpaired) electrons. The van der Waals surface area contributed by atoms with Crippen LogP contribution in [0.4, 0.5) is 0 Å². The number of carbonyl (C=O) groups is 1. The zero-order chi connectivity index (χ0) is 14.4. The maximum atomic E-state index is 12.4. The number of aromatic hydroxyl groups is 2. The highest BCUT2D eigenvalue weighted by Gasteiger charge is 2.25. The van der Waals surface area contributed by atoms with Crippen LogP contribution in [-0.4, -0.2) is 47.3 Å². The summed E-state index contributed by atoms with van der Waals surface area (Å²) in [5, 5.41) is 19.5. The van der Waals surface area contributed by atoms with Crippen molar-refractivity contribution in [3.05, 3.63) is 23.8 Å². The molecule has 19 heavy (non-hydrogen) atoms. The number of phenols is 2. The van der Waals surface area contributed by atoms with E-state index in [-0.39, 0.29) is 29.0 Å². The van der Waals surface area contributed by atoms with Crippen LogP contribution in [0.3, 0.4) is 0 Å². The molecule has 2 N–H and O–H groups in total. The van der Waals surface area contributed by atoms with Gasteiger partial charge >= 0.3 is 0 Å². The largest absolute Gasteiger partial charge is 0.507 e. The molecular formula is C14H21NO4. The predicted octanol–water partition coefficient (Wildman–Crippen LogP) is 1.98. The predicted molar refractivity (Wildman–Crippen MR) is 72.4 cm³/mol. The molecule has 0 aromatic heterocycles. The lowest BCUT2D eigenvalue weighted by molar-refractivity contribution is 0.0608. The van der Waals surface area contributed by atoms with E-state index in [1.807, 2.05) is 13.8 Å². The Morgan fingerprint density at radius 3 is 2.42 bits per heavy atom. The van der Waals surface area contributed by atoms with Crippen LogP contribution in [-0.2, 0) is 4.74 Å². The summed E-state index contributed by atoms with van der Waals surface area (Å²) in [6.07, 6.45) is 0.782. The van der Waals surface area contributed by atoms with Crippen molar-refractivity contribution in [2.45, 2.75) is 26.3 Å². The number of phenolic OH excluding ortho intramolecular Hbond substituents is 2. The molecule has 5 nitrogen and oxygen atoms in total. The number of benzene rings is 1. The van der Waals surface area contributed by atoms with Crippen molar-refractivity contribution in [3.8, 4) is 11.5 Å². The molecule has 1 atom stereocenters. The van der Waals surface area contributed by atoms with Crippen molar-refractivity contribution in [1.29, 1.82) is 0 Å². The monoisotopic (exact) mass is 267 g/mol. The standard InChI is InChI=1S/C14H21NO4/c1-4-10(2)15(8-9-19-3)14(18)13-11(16)6-5-7-12(13)17/h5-7,10,16-17H,4,8-9H2,1-3H3. The second-order valence-electron chi connectivity index (χ2n) is 4.42. The fourth-order valence-electron chi connectivity index (χ4n) is 1.82. The molecule has 0 fully saturated rings. The minimum atomic E-state index is -0.387. The zero-order valence-electron chi connectivity index (χ0n) is 11.6. The van der Waals surface area contributed by atoms with Crippen LogP contribution in [0.1, 0.15) is 30.6 Å². The highest BCUT2D eigenvalue weighted by Crippen LogP contribution is 2.28. The van der Waals surface area contributed by atoms with Gasteiger partial charge in [-0.15, -0.1) is 0 Å². The van der Waals surface area contributed by atoms with Gasteiger partial charge < -0.3 is 19.8 Å². The molecule has 106 valence electrons. The minimum Gasteiger partial charge on any atom is -0.507 e. The van der Waals surface area contributed by atoms with E-state index in [2.05, 4.69) is 0 Å². The maximum absolute atomic E-state index is 12.4. The first-order chi connectivity index (χ1) is 9.02. The Hall–Kier alpha value is -1.75. The number of carbonyl (C=O) groups excluding carboxylic acids is 1. The lowest BCUT2D eigenvalue weighted by Crippen LogP contribution is -2.40. The lowest BCUT2D eigenvalue weighted by atomic mass is 10.1. The summed E-state index contributed by atoms with van der Waals surface area (Å²) >= 11 is 0. The summed E-state index contributed by atoms with van der Waals surface area (Å²) in [7, 11) is 1.57. The topological polar surface area (TPSA) is 70.0 Å². The molecule has 0 aliphatic heterocycles. The molecular weight excluding hydrogens is 246 g/mol. The van der Waals surface area contributed by atoms with Gasteiger partial charge in [0.2, 0.25) is 0 Å². The average molecular weight is 267 g/mol. The van der Waals surface area contributed by atoms with Crippen molar-refractivity contribution in [1.82, 2.24) is 4.90 Å². The van der Waals surface area contributed by atoms with E-state index in [9.17, 15) is 15.0 Å². The zero-order valence-corrected chi connectivity index (χ0v) is 11.6. The van der Waals surface area contributed by atoms with Crippen molar-refractivity contribution in [2.24, 2.45) is 0 Å². The summed E-state index contributed by atoms with van der Waals surface area (Å²) in [6, 6.07) is 4.27. The number of nitrogens with zero attached hydrogens (tertiary/aromatic N) is 1. The lowest BCUT2D eigenvalue weighted by Gasteiger charge is -2.28. The maximum Gasteiger partial charge on any atom is 0.261 e. The molecule has 0 saturated carbocycles. The molecule has 0 aliphatic carbocycles. The van der Waals surface area contributed by atoms with Gasteiger partial charge in [0, 0.05) is 19.7 Å². The number of hydrogen-bond donors (Lipinski definition) is 2. The van der Waals surface area contributed by atoms with E-state index in [0.717, 1.165) is 6.42 Å². The minimum absolute atomic E-state index is 0.00153. The van der Waals surface area contributed by atoms with Gasteiger partial charge in [-0.3, -0.25) is 4.79 Å². The molecule has 1 rings (SSSR count). The second kappa shape index (κ2) is 6.99. The van der Waals surface area contributed by atoms with Gasteiger partial charge in [0.1, 0.15) is 17.1 Å². The first-order valence-corrected chi connectivity index (χ1v) is 6.33. The number of hydrogen-bond acceptors (Lipinski definition) is 4. The Labute approximate surface area is 113 Å². The first kappa shape index (κ1) is 15.3. The van der Waals surface area contributed by atoms with E-state index in [1.54, 1.807) is 12.0 Å². The van der Waals surface area contributed by atoms with Gasteiger partial charge in [-0.05, 0) is 25.5 Å². The van der Waals surface area contributed by atoms with E-state index in [4.69, 9.17) is 4.74 Å². The van der Waals surface area contributed by atoms with Gasteiger partial charge in [-0.2, -0.15) is 0 Å². The number of methoxy groups -OCH3 is 1. The molecule has 0 aliphatic rings. The van der Waals surface area contributed by atoms with Gasteiger partial charge in [0.15, 0.2) is 0 Å². The molecule has 1 aromatic carbocycles. The Morgan fingerprint density at radius 2 is 1.95 bits per heavy atom. The number of ether oxygens (including phenoxy) is 1. The average Bonchev–Trinajstić information content (AvgIpc) is 2.38.